The molecule has 0 aliphatic carbocycles. The van der Waals surface area contributed by atoms with Crippen molar-refractivity contribution in [3.8, 4) is 0 Å². The number of carboxylic acid groups (broad SMARTS) is 1. The van der Waals surface area contributed by atoms with E-state index in [2.05, 4.69) is 27.7 Å². The van der Waals surface area contributed by atoms with E-state index in [0.717, 1.165) is 11.0 Å². The molecule has 8 nitrogen and oxygen atoms in total. The fraction of sp³-hybridized carbons (Fsp3) is 0.750. The molecule has 0 bridgehead atoms. The maximum atomic E-state index is 9.98. The third-order valence-corrected chi connectivity index (χ3v) is 2.17. The van der Waals surface area contributed by atoms with E-state index >= 15 is 0 Å². The number of rotatable bonds is 7. The zero-order chi connectivity index (χ0) is 16.5. The highest BCUT2D eigenvalue weighted by molar-refractivity contribution is 5.70. The first kappa shape index (κ1) is 21.3. The van der Waals surface area contributed by atoms with Crippen LogP contribution in [0.4, 0.5) is 0 Å². The molecule has 5 N–H and O–H groups in total. The minimum atomic E-state index is -2.31. The topological polar surface area (TPSA) is 141 Å². The van der Waals surface area contributed by atoms with E-state index in [9.17, 15) is 9.90 Å². The Labute approximate surface area is 118 Å². The molecule has 0 heterocycles. The lowest BCUT2D eigenvalue weighted by molar-refractivity contribution is -0.864. The smallest absolute Gasteiger partial charge is 0.122 e. The van der Waals surface area contributed by atoms with Gasteiger partial charge in [0, 0.05) is 0 Å². The average Bonchev–Trinajstić information content (AvgIpc) is 2.34. The predicted molar refractivity (Wildman–Crippen MR) is 69.2 cm³/mol. The molecule has 4 atom stereocenters. The van der Waals surface area contributed by atoms with Crippen molar-refractivity contribution in [1.82, 2.24) is 0 Å². The Morgan fingerprint density at radius 3 is 1.85 bits per heavy atom. The Kier molecular flexibility index (Phi) is 10.4. The first-order valence-electron chi connectivity index (χ1n) is 5.93. The second-order valence-electron chi connectivity index (χ2n) is 5.26. The van der Waals surface area contributed by atoms with Gasteiger partial charge in [-0.3, -0.25) is 0 Å². The normalized spacial score (nSPS) is 17.2. The molecular weight excluding hydrogens is 270 g/mol. The Balaban J connectivity index is 0. The molecule has 0 aliphatic rings. The van der Waals surface area contributed by atoms with Gasteiger partial charge in [0.2, 0.25) is 0 Å². The average molecular weight is 295 g/mol. The summed E-state index contributed by atoms with van der Waals surface area (Å²) in [6, 6.07) is 0. The molecule has 0 unspecified atom stereocenters. The monoisotopic (exact) mass is 295 g/mol. The van der Waals surface area contributed by atoms with E-state index < -0.39 is 37.0 Å². The number of carboxylic acids is 1. The summed E-state index contributed by atoms with van der Waals surface area (Å²) in [5.41, 5.74) is 0. The second-order valence-corrected chi connectivity index (χ2v) is 5.26. The molecule has 0 aromatic carbocycles. The molecule has 0 amide bonds. The van der Waals surface area contributed by atoms with Crippen molar-refractivity contribution in [2.75, 3.05) is 34.3 Å². The Hall–Kier alpha value is -1.03. The van der Waals surface area contributed by atoms with Crippen molar-refractivity contribution < 1.29 is 39.9 Å². The van der Waals surface area contributed by atoms with Crippen LogP contribution in [-0.2, 0) is 4.79 Å². The number of nitrogens with zero attached hydrogens (tertiary/aromatic N) is 1. The zero-order valence-electron chi connectivity index (χ0n) is 12.0. The van der Waals surface area contributed by atoms with Crippen LogP contribution in [-0.4, -0.2) is 94.7 Å². The molecular formula is C12H25NO7. The maximum absolute atomic E-state index is 9.98. The van der Waals surface area contributed by atoms with Crippen molar-refractivity contribution in [1.29, 1.82) is 0 Å². The van der Waals surface area contributed by atoms with E-state index in [1.54, 1.807) is 0 Å². The van der Waals surface area contributed by atoms with Crippen LogP contribution in [0.5, 0.6) is 0 Å². The van der Waals surface area contributed by atoms with Gasteiger partial charge in [-0.15, -0.1) is 0 Å². The van der Waals surface area contributed by atoms with Gasteiger partial charge in [0.05, 0.1) is 40.3 Å². The largest absolute Gasteiger partial charge is 0.547 e. The van der Waals surface area contributed by atoms with Crippen molar-refractivity contribution in [2.24, 2.45) is 0 Å². The van der Waals surface area contributed by atoms with Gasteiger partial charge in [0.15, 0.2) is 0 Å². The highest BCUT2D eigenvalue weighted by atomic mass is 16.4. The summed E-state index contributed by atoms with van der Waals surface area (Å²) in [6.07, 6.45) is -6.15. The van der Waals surface area contributed by atoms with Gasteiger partial charge in [0.1, 0.15) is 24.4 Å². The zero-order valence-corrected chi connectivity index (χ0v) is 12.0. The van der Waals surface area contributed by atoms with Crippen molar-refractivity contribution in [3.05, 3.63) is 12.7 Å². The Morgan fingerprint density at radius 2 is 1.65 bits per heavy atom. The molecule has 0 radical (unpaired) electrons. The number of likely N-dealkylation sites (N-methyl/N-ethyl adjacent to an activating group) is 1. The number of quaternary nitrogens is 1. The SMILES string of the molecule is C=CC[N+](C)(C)C.O=C([O-])[C@H](O)[C@@H](O)[C@H](O)[C@H](O)CO. The molecule has 120 valence electrons. The number of hydrogen-bond acceptors (Lipinski definition) is 7. The van der Waals surface area contributed by atoms with Crippen LogP contribution < -0.4 is 5.11 Å². The van der Waals surface area contributed by atoms with Gasteiger partial charge >= 0.3 is 0 Å². The first-order valence-corrected chi connectivity index (χ1v) is 5.93. The fourth-order valence-electron chi connectivity index (χ4n) is 1.05. The quantitative estimate of drug-likeness (QED) is 0.238. The number of aliphatic hydroxyl groups is 5. The minimum Gasteiger partial charge on any atom is -0.547 e. The molecule has 20 heavy (non-hydrogen) atoms. The van der Waals surface area contributed by atoms with Gasteiger partial charge in [-0.2, -0.15) is 0 Å². The molecule has 0 aliphatic heterocycles. The molecule has 0 saturated carbocycles. The van der Waals surface area contributed by atoms with Crippen molar-refractivity contribution in [3.63, 3.8) is 0 Å². The van der Waals surface area contributed by atoms with Gasteiger partial charge in [-0.1, -0.05) is 6.58 Å². The van der Waals surface area contributed by atoms with E-state index in [-0.39, 0.29) is 0 Å². The van der Waals surface area contributed by atoms with E-state index in [1.807, 2.05) is 6.08 Å². The lowest BCUT2D eigenvalue weighted by Crippen LogP contribution is -2.52. The highest BCUT2D eigenvalue weighted by Crippen LogP contribution is 2.04. The minimum absolute atomic E-state index is 0.863. The number of hydrogen-bond donors (Lipinski definition) is 5. The van der Waals surface area contributed by atoms with Gasteiger partial charge in [-0.05, 0) is 6.08 Å². The van der Waals surface area contributed by atoms with Crippen LogP contribution in [0.2, 0.25) is 0 Å². The standard InChI is InChI=1S/C6H14N.C6H12O7/c1-5-6-7(2,3)4;7-1-2(8)3(9)4(10)5(11)6(12)13/h5H,1,6H2,2-4H3;2-5,7-11H,1H2,(H,12,13)/q+1;/p-1/t;2-,3-,4+,5-/m.1/s1. The molecule has 8 heteroatoms. The van der Waals surface area contributed by atoms with Crippen LogP contribution in [0.15, 0.2) is 12.7 Å². The predicted octanol–water partition coefficient (Wildman–Crippen LogP) is -3.95. The highest BCUT2D eigenvalue weighted by Gasteiger charge is 2.30. The van der Waals surface area contributed by atoms with Gasteiger partial charge in [-0.25, -0.2) is 0 Å². The van der Waals surface area contributed by atoms with Crippen LogP contribution in [0.25, 0.3) is 0 Å². The fourth-order valence-corrected chi connectivity index (χ4v) is 1.05. The third kappa shape index (κ3) is 9.84. The molecule has 0 aromatic rings. The lowest BCUT2D eigenvalue weighted by Gasteiger charge is -2.25. The maximum Gasteiger partial charge on any atom is 0.122 e. The molecule has 0 rings (SSSR count). The van der Waals surface area contributed by atoms with Crippen LogP contribution in [0.1, 0.15) is 0 Å². The first-order chi connectivity index (χ1) is 8.97. The van der Waals surface area contributed by atoms with Crippen molar-refractivity contribution in [2.45, 2.75) is 24.4 Å². The summed E-state index contributed by atoms with van der Waals surface area (Å²) >= 11 is 0. The number of aliphatic hydroxyl groups excluding tert-OH is 5. The van der Waals surface area contributed by atoms with Crippen LogP contribution >= 0.6 is 0 Å². The third-order valence-electron chi connectivity index (χ3n) is 2.17. The summed E-state index contributed by atoms with van der Waals surface area (Å²) < 4.78 is 0.976. The summed E-state index contributed by atoms with van der Waals surface area (Å²) in [5, 5.41) is 53.4. The van der Waals surface area contributed by atoms with E-state index in [0.29, 0.717) is 0 Å². The van der Waals surface area contributed by atoms with E-state index in [4.69, 9.17) is 25.5 Å². The summed E-state index contributed by atoms with van der Waals surface area (Å²) in [7, 11) is 6.42. The molecule has 0 spiro atoms. The Bertz CT molecular complexity index is 290. The number of carbonyl (C=O) groups is 1. The second kappa shape index (κ2) is 9.81. The summed E-state index contributed by atoms with van der Waals surface area (Å²) in [5.74, 6) is -1.98. The number of carbonyl (C=O) groups excluding carboxylic acids is 1. The summed E-state index contributed by atoms with van der Waals surface area (Å²) in [6.45, 7) is 3.81. The summed E-state index contributed by atoms with van der Waals surface area (Å²) in [4.78, 5) is 9.98. The lowest BCUT2D eigenvalue weighted by atomic mass is 10.0. The molecule has 0 fully saturated rings. The van der Waals surface area contributed by atoms with E-state index in [1.165, 1.54) is 0 Å². The van der Waals surface area contributed by atoms with Crippen LogP contribution in [0, 0.1) is 0 Å². The number of aliphatic carboxylic acids is 1. The molecule has 0 saturated heterocycles. The van der Waals surface area contributed by atoms with Gasteiger partial charge in [0.25, 0.3) is 0 Å². The van der Waals surface area contributed by atoms with Crippen LogP contribution in [0.3, 0.4) is 0 Å². The Morgan fingerprint density at radius 1 is 1.20 bits per heavy atom. The van der Waals surface area contributed by atoms with Gasteiger partial charge < -0.3 is 39.9 Å². The molecule has 0 aromatic heterocycles. The van der Waals surface area contributed by atoms with Crippen molar-refractivity contribution >= 4 is 5.97 Å².